The Kier molecular flexibility index (Phi) is 5.83. The van der Waals surface area contributed by atoms with E-state index in [0.717, 1.165) is 31.2 Å². The zero-order chi connectivity index (χ0) is 15.2. The minimum absolute atomic E-state index is 0.00111. The lowest BCUT2D eigenvalue weighted by molar-refractivity contribution is -0.171. The molecule has 1 aromatic carbocycles. The highest BCUT2D eigenvalue weighted by atomic mass is 35.5. The first kappa shape index (κ1) is 16.1. The summed E-state index contributed by atoms with van der Waals surface area (Å²) in [6.45, 7) is 3.90. The quantitative estimate of drug-likeness (QED) is 0.353. The standard InChI is InChI=1S/C17H21ClO3/c1-12(14-10-6-7-11-15(14)18)16(19)21-17(20-2)13-8-4-3-5-9-13/h3-5,8-9,14-15,17H,1,6-7,10-11H2,2H3. The third kappa shape index (κ3) is 4.08. The number of carbonyl (C=O) groups excluding carboxylic acids is 1. The van der Waals surface area contributed by atoms with Crippen LogP contribution in [0.5, 0.6) is 0 Å². The Morgan fingerprint density at radius 1 is 1.29 bits per heavy atom. The van der Waals surface area contributed by atoms with Gasteiger partial charge >= 0.3 is 5.97 Å². The maximum absolute atomic E-state index is 12.3. The van der Waals surface area contributed by atoms with Gasteiger partial charge in [0.2, 0.25) is 6.29 Å². The Balaban J connectivity index is 2.00. The number of rotatable bonds is 5. The van der Waals surface area contributed by atoms with Crippen molar-refractivity contribution in [2.24, 2.45) is 5.92 Å². The van der Waals surface area contributed by atoms with Crippen LogP contribution in [-0.2, 0) is 14.3 Å². The van der Waals surface area contributed by atoms with Gasteiger partial charge in [-0.1, -0.05) is 49.8 Å². The summed E-state index contributed by atoms with van der Waals surface area (Å²) in [5, 5.41) is -0.0310. The first-order valence-electron chi connectivity index (χ1n) is 7.25. The molecule has 1 aliphatic rings. The van der Waals surface area contributed by atoms with Crippen molar-refractivity contribution >= 4 is 17.6 Å². The summed E-state index contributed by atoms with van der Waals surface area (Å²) in [6.07, 6.45) is 3.29. The van der Waals surface area contributed by atoms with Crippen molar-refractivity contribution in [1.29, 1.82) is 0 Å². The Morgan fingerprint density at radius 2 is 1.95 bits per heavy atom. The third-order valence-corrected chi connectivity index (χ3v) is 4.41. The zero-order valence-corrected chi connectivity index (χ0v) is 13.0. The molecule has 1 saturated carbocycles. The van der Waals surface area contributed by atoms with Gasteiger partial charge in [-0.15, -0.1) is 11.6 Å². The van der Waals surface area contributed by atoms with Gasteiger partial charge in [-0.05, 0) is 12.8 Å². The molecule has 0 aromatic heterocycles. The van der Waals surface area contributed by atoms with Gasteiger partial charge in [-0.3, -0.25) is 0 Å². The number of halogens is 1. The van der Waals surface area contributed by atoms with Gasteiger partial charge in [-0.2, -0.15) is 0 Å². The minimum Gasteiger partial charge on any atom is -0.428 e. The summed E-state index contributed by atoms with van der Waals surface area (Å²) in [7, 11) is 1.51. The van der Waals surface area contributed by atoms with Crippen molar-refractivity contribution in [1.82, 2.24) is 0 Å². The van der Waals surface area contributed by atoms with E-state index in [9.17, 15) is 4.79 Å². The topological polar surface area (TPSA) is 35.5 Å². The normalized spacial score (nSPS) is 23.3. The van der Waals surface area contributed by atoms with Gasteiger partial charge in [0.1, 0.15) is 0 Å². The molecular weight excluding hydrogens is 288 g/mol. The van der Waals surface area contributed by atoms with Gasteiger partial charge in [-0.25, -0.2) is 4.79 Å². The number of esters is 1. The molecule has 0 saturated heterocycles. The lowest BCUT2D eigenvalue weighted by atomic mass is 9.84. The molecule has 1 fully saturated rings. The number of alkyl halides is 1. The van der Waals surface area contributed by atoms with Crippen molar-refractivity contribution in [2.75, 3.05) is 7.11 Å². The Morgan fingerprint density at radius 3 is 2.57 bits per heavy atom. The van der Waals surface area contributed by atoms with E-state index in [1.807, 2.05) is 30.3 Å². The summed E-state index contributed by atoms with van der Waals surface area (Å²) >= 11 is 6.31. The number of ether oxygens (including phenoxy) is 2. The summed E-state index contributed by atoms with van der Waals surface area (Å²) in [5.41, 5.74) is 1.25. The Bertz CT molecular complexity index is 486. The van der Waals surface area contributed by atoms with Crippen LogP contribution in [-0.4, -0.2) is 18.5 Å². The number of carbonyl (C=O) groups is 1. The number of benzene rings is 1. The maximum atomic E-state index is 12.3. The molecule has 0 spiro atoms. The van der Waals surface area contributed by atoms with E-state index in [1.54, 1.807) is 0 Å². The fourth-order valence-electron chi connectivity index (χ4n) is 2.66. The minimum atomic E-state index is -0.715. The van der Waals surface area contributed by atoms with Crippen molar-refractivity contribution in [3.05, 3.63) is 48.0 Å². The van der Waals surface area contributed by atoms with Gasteiger partial charge in [0.05, 0.1) is 0 Å². The molecule has 3 nitrogen and oxygen atoms in total. The van der Waals surface area contributed by atoms with Gasteiger partial charge in [0, 0.05) is 29.5 Å². The molecule has 2 rings (SSSR count). The highest BCUT2D eigenvalue weighted by molar-refractivity contribution is 6.21. The van der Waals surface area contributed by atoms with Crippen LogP contribution in [0.25, 0.3) is 0 Å². The second-order valence-electron chi connectivity index (χ2n) is 5.32. The average molecular weight is 309 g/mol. The first-order valence-corrected chi connectivity index (χ1v) is 7.68. The molecule has 0 aliphatic heterocycles. The molecule has 114 valence electrons. The van der Waals surface area contributed by atoms with Crippen molar-refractivity contribution in [3.63, 3.8) is 0 Å². The summed E-state index contributed by atoms with van der Waals surface area (Å²) in [5.74, 6) is -0.426. The molecule has 0 bridgehead atoms. The smallest absolute Gasteiger partial charge is 0.336 e. The van der Waals surface area contributed by atoms with Crippen LogP contribution >= 0.6 is 11.6 Å². The Labute approximate surface area is 130 Å². The van der Waals surface area contributed by atoms with Crippen LogP contribution in [0, 0.1) is 5.92 Å². The molecule has 3 unspecified atom stereocenters. The van der Waals surface area contributed by atoms with Crippen molar-refractivity contribution in [2.45, 2.75) is 37.4 Å². The van der Waals surface area contributed by atoms with Crippen LogP contribution in [0.2, 0.25) is 0 Å². The molecule has 4 heteroatoms. The lowest BCUT2D eigenvalue weighted by Crippen LogP contribution is -2.27. The number of hydrogen-bond donors (Lipinski definition) is 0. The predicted molar refractivity (Wildman–Crippen MR) is 83.0 cm³/mol. The van der Waals surface area contributed by atoms with Gasteiger partial charge < -0.3 is 9.47 Å². The van der Waals surface area contributed by atoms with E-state index in [-0.39, 0.29) is 11.3 Å². The average Bonchev–Trinajstić information content (AvgIpc) is 2.53. The van der Waals surface area contributed by atoms with E-state index >= 15 is 0 Å². The number of hydrogen-bond acceptors (Lipinski definition) is 3. The van der Waals surface area contributed by atoms with E-state index < -0.39 is 12.3 Å². The largest absolute Gasteiger partial charge is 0.428 e. The van der Waals surface area contributed by atoms with E-state index in [4.69, 9.17) is 21.1 Å². The molecule has 0 N–H and O–H groups in total. The second kappa shape index (κ2) is 7.62. The molecule has 1 aromatic rings. The fourth-order valence-corrected chi connectivity index (χ4v) is 3.10. The highest BCUT2D eigenvalue weighted by Gasteiger charge is 2.30. The SMILES string of the molecule is C=C(C(=O)OC(OC)c1ccccc1)C1CCCCC1Cl. The van der Waals surface area contributed by atoms with Crippen molar-refractivity contribution < 1.29 is 14.3 Å². The lowest BCUT2D eigenvalue weighted by Gasteiger charge is -2.28. The first-order chi connectivity index (χ1) is 10.1. The maximum Gasteiger partial charge on any atom is 0.336 e. The fraction of sp³-hybridized carbons (Fsp3) is 0.471. The van der Waals surface area contributed by atoms with Crippen LogP contribution in [0.1, 0.15) is 37.5 Å². The summed E-state index contributed by atoms with van der Waals surface area (Å²) < 4.78 is 10.7. The van der Waals surface area contributed by atoms with Crippen LogP contribution in [0.15, 0.2) is 42.5 Å². The molecule has 21 heavy (non-hydrogen) atoms. The van der Waals surface area contributed by atoms with E-state index in [2.05, 4.69) is 6.58 Å². The predicted octanol–water partition coefficient (Wildman–Crippen LogP) is 4.23. The van der Waals surface area contributed by atoms with E-state index in [1.165, 1.54) is 7.11 Å². The molecule has 0 amide bonds. The van der Waals surface area contributed by atoms with Crippen molar-refractivity contribution in [3.8, 4) is 0 Å². The zero-order valence-electron chi connectivity index (χ0n) is 12.3. The molecular formula is C17H21ClO3. The summed E-state index contributed by atoms with van der Waals surface area (Å²) in [4.78, 5) is 12.3. The van der Waals surface area contributed by atoms with Crippen LogP contribution in [0.4, 0.5) is 0 Å². The molecule has 0 heterocycles. The summed E-state index contributed by atoms with van der Waals surface area (Å²) in [6, 6.07) is 9.36. The second-order valence-corrected chi connectivity index (χ2v) is 5.88. The third-order valence-electron chi connectivity index (χ3n) is 3.89. The van der Waals surface area contributed by atoms with Gasteiger partial charge in [0.15, 0.2) is 0 Å². The number of methoxy groups -OCH3 is 1. The monoisotopic (exact) mass is 308 g/mol. The highest BCUT2D eigenvalue weighted by Crippen LogP contribution is 2.34. The van der Waals surface area contributed by atoms with Crippen LogP contribution in [0.3, 0.4) is 0 Å². The molecule has 0 radical (unpaired) electrons. The Hall–Kier alpha value is -1.32. The van der Waals surface area contributed by atoms with E-state index in [0.29, 0.717) is 5.57 Å². The van der Waals surface area contributed by atoms with Gasteiger partial charge in [0.25, 0.3) is 0 Å². The molecule has 1 aliphatic carbocycles. The van der Waals surface area contributed by atoms with Crippen LogP contribution < -0.4 is 0 Å². The molecule has 3 atom stereocenters.